The van der Waals surface area contributed by atoms with Crippen LogP contribution < -0.4 is 14.4 Å². The maximum atomic E-state index is 14.3. The van der Waals surface area contributed by atoms with Crippen LogP contribution in [0.3, 0.4) is 0 Å². The van der Waals surface area contributed by atoms with Crippen molar-refractivity contribution in [3.63, 3.8) is 0 Å². The molecule has 0 heterocycles. The van der Waals surface area contributed by atoms with Gasteiger partial charge in [-0.15, -0.1) is 0 Å². The summed E-state index contributed by atoms with van der Waals surface area (Å²) in [5.41, 5.74) is 1.57. The number of sulfonamides is 1. The van der Waals surface area contributed by atoms with Crippen LogP contribution >= 0.6 is 34.8 Å². The van der Waals surface area contributed by atoms with Crippen LogP contribution in [0.5, 0.6) is 5.75 Å². The normalized spacial score (nSPS) is 14.5. The highest BCUT2D eigenvalue weighted by Gasteiger charge is 2.34. The summed E-state index contributed by atoms with van der Waals surface area (Å²) in [6.45, 7) is -0.596. The largest absolute Gasteiger partial charge is 0.497 e. The van der Waals surface area contributed by atoms with E-state index in [0.29, 0.717) is 11.3 Å². The SMILES string of the molecule is COc1cccc(CN(C(=O)CN(c2cc(Cl)c(Cl)cc2Cl)S(C)(=O)=O)[C@H](Cc2ccccc2)C(=O)NC2CCCCC2)c1. The van der Waals surface area contributed by atoms with E-state index in [1.165, 1.54) is 17.0 Å². The van der Waals surface area contributed by atoms with Gasteiger partial charge in [0.15, 0.2) is 0 Å². The molecule has 2 amide bonds. The van der Waals surface area contributed by atoms with Crippen LogP contribution in [0.1, 0.15) is 43.2 Å². The van der Waals surface area contributed by atoms with Crippen LogP contribution in [0.4, 0.5) is 5.69 Å². The monoisotopic (exact) mass is 679 g/mol. The van der Waals surface area contributed by atoms with Crippen molar-refractivity contribution < 1.29 is 22.7 Å². The van der Waals surface area contributed by atoms with Crippen molar-refractivity contribution in [1.82, 2.24) is 10.2 Å². The highest BCUT2D eigenvalue weighted by atomic mass is 35.5. The zero-order valence-corrected chi connectivity index (χ0v) is 27.7. The Kier molecular flexibility index (Phi) is 11.8. The second-order valence-electron chi connectivity index (χ2n) is 10.9. The second kappa shape index (κ2) is 15.3. The molecule has 0 spiro atoms. The average molecular weight is 681 g/mol. The summed E-state index contributed by atoms with van der Waals surface area (Å²) < 4.78 is 32.4. The maximum Gasteiger partial charge on any atom is 0.244 e. The second-order valence-corrected chi connectivity index (χ2v) is 14.0. The van der Waals surface area contributed by atoms with Gasteiger partial charge in [-0.3, -0.25) is 13.9 Å². The third kappa shape index (κ3) is 9.03. The first-order chi connectivity index (χ1) is 21.0. The van der Waals surface area contributed by atoms with E-state index in [1.54, 1.807) is 25.3 Å². The number of hydrogen-bond acceptors (Lipinski definition) is 5. The van der Waals surface area contributed by atoms with E-state index in [0.717, 1.165) is 48.2 Å². The van der Waals surface area contributed by atoms with Crippen LogP contribution in [-0.4, -0.2) is 57.1 Å². The molecular formula is C32H36Cl3N3O5S. The van der Waals surface area contributed by atoms with Crippen molar-refractivity contribution in [2.45, 2.75) is 57.2 Å². The number of hydrogen-bond donors (Lipinski definition) is 1. The van der Waals surface area contributed by atoms with Crippen LogP contribution in [0.25, 0.3) is 0 Å². The summed E-state index contributed by atoms with van der Waals surface area (Å²) in [5, 5.41) is 3.40. The molecule has 3 aromatic carbocycles. The number of nitrogens with zero attached hydrogens (tertiary/aromatic N) is 2. The lowest BCUT2D eigenvalue weighted by Gasteiger charge is -2.35. The minimum Gasteiger partial charge on any atom is -0.497 e. The van der Waals surface area contributed by atoms with Gasteiger partial charge in [0.1, 0.15) is 18.3 Å². The Hall–Kier alpha value is -2.98. The molecule has 1 fully saturated rings. The molecule has 1 aliphatic rings. The molecule has 12 heteroatoms. The van der Waals surface area contributed by atoms with Gasteiger partial charge in [-0.25, -0.2) is 8.42 Å². The van der Waals surface area contributed by atoms with Crippen LogP contribution in [0.15, 0.2) is 66.7 Å². The predicted molar refractivity (Wildman–Crippen MR) is 176 cm³/mol. The lowest BCUT2D eigenvalue weighted by Crippen LogP contribution is -2.55. The molecule has 0 bridgehead atoms. The number of halogens is 3. The molecular weight excluding hydrogens is 645 g/mol. The van der Waals surface area contributed by atoms with Crippen molar-refractivity contribution in [3.05, 3.63) is 92.9 Å². The van der Waals surface area contributed by atoms with Gasteiger partial charge in [0, 0.05) is 19.0 Å². The van der Waals surface area contributed by atoms with Crippen LogP contribution in [0.2, 0.25) is 15.1 Å². The van der Waals surface area contributed by atoms with Gasteiger partial charge in [-0.1, -0.05) is 96.5 Å². The van der Waals surface area contributed by atoms with E-state index in [-0.39, 0.29) is 45.7 Å². The van der Waals surface area contributed by atoms with Crippen LogP contribution in [-0.2, 0) is 32.6 Å². The van der Waals surface area contributed by atoms with Crippen molar-refractivity contribution in [2.24, 2.45) is 0 Å². The molecule has 8 nitrogen and oxygen atoms in total. The zero-order chi connectivity index (χ0) is 31.9. The fourth-order valence-corrected chi connectivity index (χ4v) is 6.91. The van der Waals surface area contributed by atoms with Crippen molar-refractivity contribution in [3.8, 4) is 5.75 Å². The van der Waals surface area contributed by atoms with Crippen LogP contribution in [0, 0.1) is 0 Å². The fourth-order valence-electron chi connectivity index (χ4n) is 5.36. The van der Waals surface area contributed by atoms with E-state index in [1.807, 2.05) is 36.4 Å². The highest BCUT2D eigenvalue weighted by molar-refractivity contribution is 7.92. The number of ether oxygens (including phenoxy) is 1. The van der Waals surface area contributed by atoms with E-state index in [9.17, 15) is 18.0 Å². The standard InChI is InChI=1S/C32H36Cl3N3O5S/c1-43-25-15-9-12-23(16-25)20-37(31(39)21-38(44(2,41)42)29-19-27(34)26(33)18-28(29)35)30(17-22-10-5-3-6-11-22)32(40)36-24-13-7-4-8-14-24/h3,5-6,9-12,15-16,18-19,24,30H,4,7-8,13-14,17,20-21H2,1-2H3,(H,36,40)/t30-/m1/s1. The van der Waals surface area contributed by atoms with E-state index < -0.39 is 28.5 Å². The van der Waals surface area contributed by atoms with Gasteiger partial charge >= 0.3 is 0 Å². The van der Waals surface area contributed by atoms with E-state index in [4.69, 9.17) is 39.5 Å². The molecule has 44 heavy (non-hydrogen) atoms. The molecule has 0 aromatic heterocycles. The molecule has 236 valence electrons. The summed E-state index contributed by atoms with van der Waals surface area (Å²) >= 11 is 18.7. The third-order valence-electron chi connectivity index (χ3n) is 7.65. The topological polar surface area (TPSA) is 96.0 Å². The molecule has 1 aliphatic carbocycles. The number of rotatable bonds is 12. The van der Waals surface area contributed by atoms with Gasteiger partial charge in [0.05, 0.1) is 34.1 Å². The Labute approximate surface area is 274 Å². The molecule has 0 saturated heterocycles. The first-order valence-corrected chi connectivity index (χ1v) is 17.3. The molecule has 0 aliphatic heterocycles. The summed E-state index contributed by atoms with van der Waals surface area (Å²) in [6.07, 6.45) is 6.10. The number of benzene rings is 3. The lowest BCUT2D eigenvalue weighted by atomic mass is 9.94. The smallest absolute Gasteiger partial charge is 0.244 e. The highest BCUT2D eigenvalue weighted by Crippen LogP contribution is 2.36. The zero-order valence-electron chi connectivity index (χ0n) is 24.6. The average Bonchev–Trinajstić information content (AvgIpc) is 3.00. The quantitative estimate of drug-likeness (QED) is 0.220. The van der Waals surface area contributed by atoms with Crippen molar-refractivity contribution >= 4 is 62.3 Å². The Balaban J connectivity index is 1.76. The Morgan fingerprint density at radius 1 is 0.909 bits per heavy atom. The van der Waals surface area contributed by atoms with Crippen molar-refractivity contribution in [1.29, 1.82) is 0 Å². The van der Waals surface area contributed by atoms with E-state index in [2.05, 4.69) is 5.32 Å². The Morgan fingerprint density at radius 2 is 1.57 bits per heavy atom. The number of amides is 2. The minimum absolute atomic E-state index is 0.00418. The Morgan fingerprint density at radius 3 is 2.23 bits per heavy atom. The summed E-state index contributed by atoms with van der Waals surface area (Å²) in [7, 11) is -2.49. The molecule has 0 unspecified atom stereocenters. The molecule has 1 atom stereocenters. The minimum atomic E-state index is -4.03. The third-order valence-corrected chi connectivity index (χ3v) is 9.80. The Bertz CT molecular complexity index is 1570. The van der Waals surface area contributed by atoms with Gasteiger partial charge in [-0.2, -0.15) is 0 Å². The van der Waals surface area contributed by atoms with Gasteiger partial charge < -0.3 is 15.0 Å². The number of carbonyl (C=O) groups is 2. The lowest BCUT2D eigenvalue weighted by molar-refractivity contribution is -0.140. The number of nitrogens with one attached hydrogen (secondary N) is 1. The molecule has 4 rings (SSSR count). The van der Waals surface area contributed by atoms with E-state index >= 15 is 0 Å². The summed E-state index contributed by atoms with van der Waals surface area (Å²) in [5.74, 6) is -0.308. The number of methoxy groups -OCH3 is 1. The first kappa shape index (κ1) is 33.9. The molecule has 3 aromatic rings. The first-order valence-electron chi connectivity index (χ1n) is 14.3. The molecule has 1 N–H and O–H groups in total. The summed E-state index contributed by atoms with van der Waals surface area (Å²) in [6, 6.07) is 18.3. The molecule has 0 radical (unpaired) electrons. The molecule has 1 saturated carbocycles. The fraction of sp³-hybridized carbons (Fsp3) is 0.375. The van der Waals surface area contributed by atoms with Gasteiger partial charge in [0.25, 0.3) is 0 Å². The van der Waals surface area contributed by atoms with Gasteiger partial charge in [0.2, 0.25) is 21.8 Å². The maximum absolute atomic E-state index is 14.3. The summed E-state index contributed by atoms with van der Waals surface area (Å²) in [4.78, 5) is 29.8. The number of carbonyl (C=O) groups excluding carboxylic acids is 2. The number of anilines is 1. The predicted octanol–water partition coefficient (Wildman–Crippen LogP) is 6.51. The van der Waals surface area contributed by atoms with Crippen molar-refractivity contribution in [2.75, 3.05) is 24.2 Å². The van der Waals surface area contributed by atoms with Gasteiger partial charge in [-0.05, 0) is 48.2 Å².